The summed E-state index contributed by atoms with van der Waals surface area (Å²) in [5, 5.41) is 1.27. The molecule has 1 saturated heterocycles. The van der Waals surface area contributed by atoms with Crippen molar-refractivity contribution < 1.29 is 19.2 Å². The van der Waals surface area contributed by atoms with Crippen molar-refractivity contribution in [2.24, 2.45) is 9.98 Å². The molecule has 4 aromatic rings. The predicted molar refractivity (Wildman–Crippen MR) is 143 cm³/mol. The zero-order valence-corrected chi connectivity index (χ0v) is 20.3. The second-order valence-electron chi connectivity index (χ2n) is 8.61. The van der Waals surface area contributed by atoms with Crippen LogP contribution in [0.2, 0.25) is 0 Å². The van der Waals surface area contributed by atoms with Gasteiger partial charge in [-0.2, -0.15) is 15.0 Å². The fourth-order valence-corrected chi connectivity index (χ4v) is 4.33. The number of carbonyl (C=O) groups is 1. The highest BCUT2D eigenvalue weighted by Gasteiger charge is 2.32. The van der Waals surface area contributed by atoms with Crippen LogP contribution in [0.5, 0.6) is 0 Å². The van der Waals surface area contributed by atoms with E-state index in [0.717, 1.165) is 22.3 Å². The van der Waals surface area contributed by atoms with Gasteiger partial charge in [0.25, 0.3) is 0 Å². The maximum atomic E-state index is 13.1. The van der Waals surface area contributed by atoms with E-state index in [1.807, 2.05) is 84.9 Å². The fraction of sp³-hybridized carbons (Fsp3) is 0.100. The van der Waals surface area contributed by atoms with E-state index in [4.69, 9.17) is 4.84 Å². The lowest BCUT2D eigenvalue weighted by molar-refractivity contribution is 0.168. The Morgan fingerprint density at radius 2 is 1.13 bits per heavy atom. The van der Waals surface area contributed by atoms with Crippen LogP contribution in [-0.2, 0) is 27.3 Å². The average Bonchev–Trinajstić information content (AvgIpc) is 3.33. The van der Waals surface area contributed by atoms with Gasteiger partial charge in [-0.1, -0.05) is 60.7 Å². The lowest BCUT2D eigenvalue weighted by Gasteiger charge is -2.16. The molecule has 8 heteroatoms. The molecule has 0 unspecified atom stereocenters. The summed E-state index contributed by atoms with van der Waals surface area (Å²) in [6.07, 6.45) is 4.37. The van der Waals surface area contributed by atoms with Crippen molar-refractivity contribution in [3.05, 3.63) is 119 Å². The summed E-state index contributed by atoms with van der Waals surface area (Å²) in [7, 11) is 0. The van der Waals surface area contributed by atoms with Gasteiger partial charge in [0.2, 0.25) is 12.2 Å². The quantitative estimate of drug-likeness (QED) is 0.214. The van der Waals surface area contributed by atoms with Crippen LogP contribution >= 0.6 is 0 Å². The average molecular weight is 503 g/mol. The number of isocyanates is 2. The first-order valence-corrected chi connectivity index (χ1v) is 11.9. The molecule has 186 valence electrons. The van der Waals surface area contributed by atoms with E-state index in [9.17, 15) is 14.4 Å². The van der Waals surface area contributed by atoms with Crippen molar-refractivity contribution in [2.45, 2.75) is 12.8 Å². The van der Waals surface area contributed by atoms with Crippen LogP contribution in [0.25, 0.3) is 0 Å². The second kappa shape index (κ2) is 11.3. The third-order valence-electron chi connectivity index (χ3n) is 6.24. The van der Waals surface area contributed by atoms with E-state index < -0.39 is 0 Å². The van der Waals surface area contributed by atoms with Gasteiger partial charge in [0.15, 0.2) is 6.73 Å². The number of nitrogens with zero attached hydrogens (tertiary/aromatic N) is 4. The maximum absolute atomic E-state index is 13.1. The van der Waals surface area contributed by atoms with E-state index in [-0.39, 0.29) is 12.8 Å². The van der Waals surface area contributed by atoms with E-state index in [1.165, 1.54) is 5.06 Å². The number of carbonyl (C=O) groups excluding carboxylic acids is 3. The lowest BCUT2D eigenvalue weighted by Crippen LogP contribution is -2.31. The van der Waals surface area contributed by atoms with Gasteiger partial charge in [-0.25, -0.2) is 19.2 Å². The zero-order chi connectivity index (χ0) is 26.3. The van der Waals surface area contributed by atoms with Crippen LogP contribution in [0, 0.1) is 0 Å². The molecule has 0 radical (unpaired) electrons. The summed E-state index contributed by atoms with van der Waals surface area (Å²) in [5.74, 6) is 0. The van der Waals surface area contributed by atoms with Gasteiger partial charge in [0.05, 0.1) is 17.1 Å². The van der Waals surface area contributed by atoms with Gasteiger partial charge in [0.1, 0.15) is 0 Å². The molecule has 1 aliphatic rings. The molecule has 0 atom stereocenters. The van der Waals surface area contributed by atoms with Crippen LogP contribution in [0.4, 0.5) is 27.5 Å². The van der Waals surface area contributed by atoms with Crippen molar-refractivity contribution in [3.8, 4) is 0 Å². The third-order valence-corrected chi connectivity index (χ3v) is 6.24. The Kier molecular flexibility index (Phi) is 7.30. The molecule has 0 aromatic heterocycles. The fourth-order valence-electron chi connectivity index (χ4n) is 4.33. The Hall–Kier alpha value is -5.13. The molecule has 0 aliphatic carbocycles. The number of hydrogen-bond acceptors (Lipinski definition) is 6. The van der Waals surface area contributed by atoms with Gasteiger partial charge >= 0.3 is 6.03 Å². The van der Waals surface area contributed by atoms with Gasteiger partial charge in [-0.05, 0) is 71.5 Å². The maximum Gasteiger partial charge on any atom is 0.355 e. The van der Waals surface area contributed by atoms with Crippen molar-refractivity contribution in [3.63, 3.8) is 0 Å². The number of para-hydroxylation sites is 2. The number of anilines is 2. The normalized spacial score (nSPS) is 12.7. The minimum absolute atomic E-state index is 0.0912. The summed E-state index contributed by atoms with van der Waals surface area (Å²) in [6.45, 7) is 0.0912. The number of aliphatic imine (C=N–C) groups is 2. The molecule has 1 aliphatic heterocycles. The van der Waals surface area contributed by atoms with Gasteiger partial charge < -0.3 is 0 Å². The highest BCUT2D eigenvalue weighted by Crippen LogP contribution is 2.29. The molecule has 0 spiro atoms. The molecule has 2 amide bonds. The van der Waals surface area contributed by atoms with Crippen molar-refractivity contribution in [2.75, 3.05) is 16.7 Å². The van der Waals surface area contributed by atoms with Crippen LogP contribution in [0.15, 0.2) is 107 Å². The Bertz CT molecular complexity index is 1440. The highest BCUT2D eigenvalue weighted by molar-refractivity contribution is 6.03. The number of urea groups is 1. The van der Waals surface area contributed by atoms with Crippen LogP contribution in [-0.4, -0.2) is 24.9 Å². The lowest BCUT2D eigenvalue weighted by atomic mass is 10.0. The molecule has 38 heavy (non-hydrogen) atoms. The molecule has 5 rings (SSSR count). The van der Waals surface area contributed by atoms with Crippen molar-refractivity contribution in [1.82, 2.24) is 0 Å². The van der Waals surface area contributed by atoms with Crippen LogP contribution in [0.1, 0.15) is 22.3 Å². The summed E-state index contributed by atoms with van der Waals surface area (Å²) >= 11 is 0. The molecular weight excluding hydrogens is 480 g/mol. The second-order valence-corrected chi connectivity index (χ2v) is 8.61. The number of rotatable bonds is 8. The van der Waals surface area contributed by atoms with Gasteiger partial charge in [0, 0.05) is 5.69 Å². The first-order valence-electron chi connectivity index (χ1n) is 11.9. The number of hydrogen-bond donors (Lipinski definition) is 0. The summed E-state index contributed by atoms with van der Waals surface area (Å²) in [6, 6.07) is 29.6. The molecule has 1 heterocycles. The number of hydroxylamine groups is 1. The van der Waals surface area contributed by atoms with E-state index >= 15 is 0 Å². The Morgan fingerprint density at radius 1 is 0.658 bits per heavy atom. The minimum Gasteiger partial charge on any atom is -0.266 e. The van der Waals surface area contributed by atoms with Gasteiger partial charge in [-0.15, -0.1) is 0 Å². The Balaban J connectivity index is 1.25. The third kappa shape index (κ3) is 5.33. The first-order chi connectivity index (χ1) is 18.7. The minimum atomic E-state index is -0.290. The topological polar surface area (TPSA) is 91.6 Å². The SMILES string of the molecule is O=C=Nc1ccccc1Cc1ccc(N2CON(c3ccc(Cc4ccccc4N=C=O)cc3)C2=O)cc1. The molecule has 0 saturated carbocycles. The molecular formula is C30H22N4O4. The molecule has 0 bridgehead atoms. The highest BCUT2D eigenvalue weighted by atomic mass is 16.7. The first kappa shape index (κ1) is 24.6. The van der Waals surface area contributed by atoms with E-state index in [0.29, 0.717) is 35.6 Å². The van der Waals surface area contributed by atoms with Crippen LogP contribution in [0.3, 0.4) is 0 Å². The molecule has 1 fully saturated rings. The molecule has 0 N–H and O–H groups in total. The predicted octanol–water partition coefficient (Wildman–Crippen LogP) is 6.14. The number of amides is 2. The summed E-state index contributed by atoms with van der Waals surface area (Å²) in [4.78, 5) is 49.3. The van der Waals surface area contributed by atoms with Gasteiger partial charge in [-0.3, -0.25) is 4.90 Å². The van der Waals surface area contributed by atoms with E-state index in [2.05, 4.69) is 9.98 Å². The standard InChI is InChI=1S/C30H22N4O4/c35-19-31-28-7-3-1-5-24(28)17-22-9-13-26(14-10-22)33-21-38-34(30(33)37)27-15-11-23(12-16-27)18-25-6-2-4-8-29(25)32-20-36/h1-16H,17-18,21H2. The Morgan fingerprint density at radius 3 is 1.63 bits per heavy atom. The van der Waals surface area contributed by atoms with Crippen molar-refractivity contribution >= 4 is 40.9 Å². The number of benzene rings is 4. The largest absolute Gasteiger partial charge is 0.355 e. The van der Waals surface area contributed by atoms with Crippen LogP contribution < -0.4 is 9.96 Å². The summed E-state index contributed by atoms with van der Waals surface area (Å²) < 4.78 is 0. The zero-order valence-electron chi connectivity index (χ0n) is 20.3. The summed E-state index contributed by atoms with van der Waals surface area (Å²) in [5.41, 5.74) is 6.35. The Labute approximate surface area is 219 Å². The monoisotopic (exact) mass is 502 g/mol. The van der Waals surface area contributed by atoms with E-state index in [1.54, 1.807) is 29.2 Å². The smallest absolute Gasteiger partial charge is 0.266 e. The molecule has 8 nitrogen and oxygen atoms in total. The van der Waals surface area contributed by atoms with Crippen molar-refractivity contribution in [1.29, 1.82) is 0 Å². The molecule has 4 aromatic carbocycles.